The van der Waals surface area contributed by atoms with Gasteiger partial charge >= 0.3 is 0 Å². The van der Waals surface area contributed by atoms with Gasteiger partial charge in [-0.1, -0.05) is 17.7 Å². The van der Waals surface area contributed by atoms with Gasteiger partial charge in [0.2, 0.25) is 9.84 Å². The standard InChI is InChI=1S/C10H12O4S/c1-7-2-4-8(5-3-7)15(12,13)10(11)9-6-14-9/h2-5,9-11H,6H2,1H3/t9?,10-/m0/s1. The third kappa shape index (κ3) is 2.04. The van der Waals surface area contributed by atoms with E-state index in [9.17, 15) is 13.5 Å². The Bertz CT molecular complexity index is 445. The van der Waals surface area contributed by atoms with E-state index in [1.807, 2.05) is 6.92 Å². The van der Waals surface area contributed by atoms with E-state index >= 15 is 0 Å². The summed E-state index contributed by atoms with van der Waals surface area (Å²) in [7, 11) is -3.66. The van der Waals surface area contributed by atoms with Gasteiger partial charge in [0.15, 0.2) is 5.44 Å². The Kier molecular flexibility index (Phi) is 2.54. The van der Waals surface area contributed by atoms with Crippen LogP contribution in [0.15, 0.2) is 29.2 Å². The van der Waals surface area contributed by atoms with Gasteiger partial charge in [-0.25, -0.2) is 8.42 Å². The second kappa shape index (κ2) is 3.59. The molecular formula is C10H12O4S. The van der Waals surface area contributed by atoms with Crippen LogP contribution in [0.4, 0.5) is 0 Å². The smallest absolute Gasteiger partial charge is 0.207 e. The Hall–Kier alpha value is -0.910. The summed E-state index contributed by atoms with van der Waals surface area (Å²) in [6.45, 7) is 2.18. The monoisotopic (exact) mass is 228 g/mol. The van der Waals surface area contributed by atoms with Crippen molar-refractivity contribution in [3.8, 4) is 0 Å². The first kappa shape index (κ1) is 10.6. The molecule has 0 saturated carbocycles. The van der Waals surface area contributed by atoms with Crippen molar-refractivity contribution in [2.24, 2.45) is 0 Å². The molecule has 1 aliphatic rings. The molecule has 1 aromatic carbocycles. The van der Waals surface area contributed by atoms with Crippen molar-refractivity contribution in [1.82, 2.24) is 0 Å². The molecule has 0 spiro atoms. The minimum Gasteiger partial charge on any atom is -0.375 e. The molecule has 1 aromatic rings. The number of hydrogen-bond acceptors (Lipinski definition) is 4. The number of sulfone groups is 1. The van der Waals surface area contributed by atoms with Gasteiger partial charge in [-0.05, 0) is 19.1 Å². The van der Waals surface area contributed by atoms with Gasteiger partial charge in [-0.3, -0.25) is 0 Å². The van der Waals surface area contributed by atoms with Gasteiger partial charge in [-0.15, -0.1) is 0 Å². The van der Waals surface area contributed by atoms with Crippen molar-refractivity contribution in [3.05, 3.63) is 29.8 Å². The molecule has 0 aliphatic carbocycles. The van der Waals surface area contributed by atoms with Crippen molar-refractivity contribution in [2.45, 2.75) is 23.4 Å². The second-order valence-electron chi connectivity index (χ2n) is 3.62. The Balaban J connectivity index is 2.32. The Labute approximate surface area is 88.4 Å². The van der Waals surface area contributed by atoms with Gasteiger partial charge in [0, 0.05) is 0 Å². The molecule has 5 heteroatoms. The average molecular weight is 228 g/mol. The first-order valence-corrected chi connectivity index (χ1v) is 6.17. The fraction of sp³-hybridized carbons (Fsp3) is 0.400. The van der Waals surface area contributed by atoms with Crippen LogP contribution in [0.1, 0.15) is 5.56 Å². The highest BCUT2D eigenvalue weighted by atomic mass is 32.2. The van der Waals surface area contributed by atoms with Crippen LogP contribution in [-0.2, 0) is 14.6 Å². The minimum absolute atomic E-state index is 0.135. The summed E-state index contributed by atoms with van der Waals surface area (Å²) in [5, 5.41) is 9.53. The van der Waals surface area contributed by atoms with E-state index in [-0.39, 0.29) is 4.90 Å². The zero-order valence-corrected chi connectivity index (χ0v) is 9.07. The largest absolute Gasteiger partial charge is 0.375 e. The number of hydrogen-bond donors (Lipinski definition) is 1. The molecule has 15 heavy (non-hydrogen) atoms. The van der Waals surface area contributed by atoms with Crippen molar-refractivity contribution >= 4 is 9.84 Å². The number of rotatable bonds is 3. The highest BCUT2D eigenvalue weighted by Crippen LogP contribution is 2.24. The molecule has 4 nitrogen and oxygen atoms in total. The minimum atomic E-state index is -3.66. The van der Waals surface area contributed by atoms with Crippen LogP contribution < -0.4 is 0 Å². The summed E-state index contributed by atoms with van der Waals surface area (Å²) in [4.78, 5) is 0.135. The lowest BCUT2D eigenvalue weighted by Crippen LogP contribution is -2.26. The quantitative estimate of drug-likeness (QED) is 0.764. The van der Waals surface area contributed by atoms with Gasteiger partial charge in [-0.2, -0.15) is 0 Å². The highest BCUT2D eigenvalue weighted by Gasteiger charge is 2.40. The summed E-state index contributed by atoms with van der Waals surface area (Å²) in [6.07, 6.45) is -0.559. The molecule has 1 heterocycles. The highest BCUT2D eigenvalue weighted by molar-refractivity contribution is 7.92. The summed E-state index contributed by atoms with van der Waals surface area (Å²) < 4.78 is 28.4. The lowest BCUT2D eigenvalue weighted by Gasteiger charge is -2.09. The maximum Gasteiger partial charge on any atom is 0.207 e. The molecule has 2 rings (SSSR count). The Morgan fingerprint density at radius 3 is 2.40 bits per heavy atom. The molecule has 0 amide bonds. The topological polar surface area (TPSA) is 66.9 Å². The Morgan fingerprint density at radius 2 is 1.93 bits per heavy atom. The maximum atomic E-state index is 11.8. The van der Waals surface area contributed by atoms with Gasteiger partial charge in [0.05, 0.1) is 11.5 Å². The first-order valence-electron chi connectivity index (χ1n) is 4.62. The fourth-order valence-electron chi connectivity index (χ4n) is 1.29. The van der Waals surface area contributed by atoms with E-state index < -0.39 is 21.4 Å². The lowest BCUT2D eigenvalue weighted by atomic mass is 10.2. The predicted octanol–water partition coefficient (Wildman–Crippen LogP) is 0.486. The van der Waals surface area contributed by atoms with Crippen LogP contribution in [0.25, 0.3) is 0 Å². The average Bonchev–Trinajstić information content (AvgIpc) is 3.00. The lowest BCUT2D eigenvalue weighted by molar-refractivity contribution is 0.201. The summed E-state index contributed by atoms with van der Waals surface area (Å²) >= 11 is 0. The number of aryl methyl sites for hydroxylation is 1. The van der Waals surface area contributed by atoms with Crippen LogP contribution in [-0.4, -0.2) is 31.7 Å². The van der Waals surface area contributed by atoms with Crippen molar-refractivity contribution in [3.63, 3.8) is 0 Å². The van der Waals surface area contributed by atoms with E-state index in [0.29, 0.717) is 6.61 Å². The number of benzene rings is 1. The summed E-state index contributed by atoms with van der Waals surface area (Å²) in [5.74, 6) is 0. The number of epoxide rings is 1. The molecule has 82 valence electrons. The Morgan fingerprint density at radius 1 is 1.40 bits per heavy atom. The second-order valence-corrected chi connectivity index (χ2v) is 5.66. The molecule has 1 aliphatic heterocycles. The molecule has 1 unspecified atom stereocenters. The number of aliphatic hydroxyl groups excluding tert-OH is 1. The fourth-order valence-corrected chi connectivity index (χ4v) is 2.64. The third-order valence-corrected chi connectivity index (χ3v) is 4.21. The van der Waals surface area contributed by atoms with E-state index in [1.165, 1.54) is 12.1 Å². The van der Waals surface area contributed by atoms with Gasteiger partial charge in [0.1, 0.15) is 6.10 Å². The molecule has 1 fully saturated rings. The van der Waals surface area contributed by atoms with Crippen LogP contribution in [0, 0.1) is 6.92 Å². The zero-order valence-electron chi connectivity index (χ0n) is 8.25. The summed E-state index contributed by atoms with van der Waals surface area (Å²) in [5.41, 5.74) is -0.466. The van der Waals surface area contributed by atoms with Crippen LogP contribution >= 0.6 is 0 Å². The molecule has 2 atom stereocenters. The van der Waals surface area contributed by atoms with Gasteiger partial charge < -0.3 is 9.84 Å². The molecule has 0 aromatic heterocycles. The normalized spacial score (nSPS) is 22.4. The van der Waals surface area contributed by atoms with Crippen LogP contribution in [0.5, 0.6) is 0 Å². The molecule has 1 saturated heterocycles. The van der Waals surface area contributed by atoms with E-state index in [4.69, 9.17) is 4.74 Å². The van der Waals surface area contributed by atoms with Crippen molar-refractivity contribution in [2.75, 3.05) is 6.61 Å². The van der Waals surface area contributed by atoms with Crippen LogP contribution in [0.3, 0.4) is 0 Å². The molecule has 0 radical (unpaired) electrons. The predicted molar refractivity (Wildman–Crippen MR) is 54.1 cm³/mol. The van der Waals surface area contributed by atoms with E-state index in [1.54, 1.807) is 12.1 Å². The zero-order chi connectivity index (χ0) is 11.1. The van der Waals surface area contributed by atoms with Crippen molar-refractivity contribution < 1.29 is 18.3 Å². The molecular weight excluding hydrogens is 216 g/mol. The molecule has 0 bridgehead atoms. The maximum absolute atomic E-state index is 11.8. The van der Waals surface area contributed by atoms with E-state index in [2.05, 4.69) is 0 Å². The molecule has 1 N–H and O–H groups in total. The first-order chi connectivity index (χ1) is 7.01. The number of ether oxygens (including phenoxy) is 1. The van der Waals surface area contributed by atoms with E-state index in [0.717, 1.165) is 5.56 Å². The SMILES string of the molecule is Cc1ccc(S(=O)(=O)[C@H](O)C2CO2)cc1. The number of aliphatic hydroxyl groups is 1. The van der Waals surface area contributed by atoms with Crippen molar-refractivity contribution in [1.29, 1.82) is 0 Å². The van der Waals surface area contributed by atoms with Crippen LogP contribution in [0.2, 0.25) is 0 Å². The van der Waals surface area contributed by atoms with Gasteiger partial charge in [0.25, 0.3) is 0 Å². The summed E-state index contributed by atoms with van der Waals surface area (Å²) in [6, 6.07) is 6.40. The third-order valence-electron chi connectivity index (χ3n) is 2.34.